The first-order valence-electron chi connectivity index (χ1n) is 8.47. The maximum Gasteiger partial charge on any atom is 0.284 e. The van der Waals surface area contributed by atoms with Crippen LogP contribution in [-0.2, 0) is 13.0 Å². The van der Waals surface area contributed by atoms with Gasteiger partial charge in [-0.2, -0.15) is 0 Å². The predicted octanol–water partition coefficient (Wildman–Crippen LogP) is 2.08. The van der Waals surface area contributed by atoms with Gasteiger partial charge in [-0.15, -0.1) is 0 Å². The van der Waals surface area contributed by atoms with Crippen LogP contribution in [0.4, 0.5) is 0 Å². The molecule has 0 saturated heterocycles. The van der Waals surface area contributed by atoms with E-state index >= 15 is 0 Å². The van der Waals surface area contributed by atoms with Gasteiger partial charge in [-0.1, -0.05) is 12.1 Å². The number of nitrogens with one attached hydrogen (secondary N) is 3. The number of hydrogen-bond acceptors (Lipinski definition) is 3. The van der Waals surface area contributed by atoms with Crippen molar-refractivity contribution in [2.45, 2.75) is 19.9 Å². The summed E-state index contributed by atoms with van der Waals surface area (Å²) in [5, 5.41) is 7.72. The molecule has 136 valence electrons. The van der Waals surface area contributed by atoms with Crippen LogP contribution in [0.25, 0.3) is 10.9 Å². The number of guanidine groups is 1. The normalized spacial score (nSPS) is 11.7. The highest BCUT2D eigenvalue weighted by Crippen LogP contribution is 2.22. The van der Waals surface area contributed by atoms with Gasteiger partial charge in [0.05, 0.1) is 6.54 Å². The van der Waals surface area contributed by atoms with Crippen LogP contribution >= 0.6 is 0 Å². The van der Waals surface area contributed by atoms with E-state index in [1.807, 2.05) is 0 Å². The standard InChI is InChI=1S/C19H23N5O2/c1-12-4-3-5-15-17(12)13(10-23-15)8-9-22-19(21-2)24-11-14-6-7-16(26-14)18(20)25/h3-7,10,23H,8-9,11H2,1-2H3,(H2,20,25)(H2,21,22,24). The molecule has 0 aliphatic rings. The number of rotatable bonds is 6. The highest BCUT2D eigenvalue weighted by atomic mass is 16.3. The van der Waals surface area contributed by atoms with Gasteiger partial charge < -0.3 is 25.8 Å². The number of H-pyrrole nitrogens is 1. The highest BCUT2D eigenvalue weighted by molar-refractivity contribution is 5.90. The van der Waals surface area contributed by atoms with Crippen molar-refractivity contribution in [2.75, 3.05) is 13.6 Å². The summed E-state index contributed by atoms with van der Waals surface area (Å²) in [6.07, 6.45) is 2.93. The van der Waals surface area contributed by atoms with Crippen LogP contribution in [0, 0.1) is 6.92 Å². The number of nitrogens with zero attached hydrogens (tertiary/aromatic N) is 1. The number of primary amides is 1. The van der Waals surface area contributed by atoms with Crippen LogP contribution in [0.5, 0.6) is 0 Å². The molecule has 3 aromatic rings. The Kier molecular flexibility index (Phi) is 5.26. The Hall–Kier alpha value is -3.22. The topological polar surface area (TPSA) is 108 Å². The molecule has 3 rings (SSSR count). The molecule has 0 saturated carbocycles. The summed E-state index contributed by atoms with van der Waals surface area (Å²) >= 11 is 0. The second-order valence-electron chi connectivity index (χ2n) is 6.04. The molecule has 0 aliphatic carbocycles. The van der Waals surface area contributed by atoms with Gasteiger partial charge in [0.1, 0.15) is 5.76 Å². The van der Waals surface area contributed by atoms with E-state index in [1.165, 1.54) is 16.5 Å². The molecule has 7 nitrogen and oxygen atoms in total. The van der Waals surface area contributed by atoms with Crippen molar-refractivity contribution < 1.29 is 9.21 Å². The van der Waals surface area contributed by atoms with Gasteiger partial charge in [-0.25, -0.2) is 0 Å². The second kappa shape index (κ2) is 7.77. The molecule has 0 spiro atoms. The molecule has 0 fully saturated rings. The predicted molar refractivity (Wildman–Crippen MR) is 102 cm³/mol. The Balaban J connectivity index is 1.53. The van der Waals surface area contributed by atoms with Gasteiger partial charge >= 0.3 is 0 Å². The molecule has 0 unspecified atom stereocenters. The summed E-state index contributed by atoms with van der Waals surface area (Å²) in [5.74, 6) is 0.861. The fourth-order valence-corrected chi connectivity index (χ4v) is 2.96. The summed E-state index contributed by atoms with van der Waals surface area (Å²) in [6, 6.07) is 9.55. The van der Waals surface area contributed by atoms with Crippen LogP contribution in [0.3, 0.4) is 0 Å². The van der Waals surface area contributed by atoms with E-state index in [2.05, 4.69) is 51.9 Å². The number of aryl methyl sites for hydroxylation is 1. The molecule has 0 bridgehead atoms. The zero-order valence-corrected chi connectivity index (χ0v) is 14.9. The summed E-state index contributed by atoms with van der Waals surface area (Å²) in [7, 11) is 1.71. The Morgan fingerprint density at radius 1 is 1.27 bits per heavy atom. The average molecular weight is 353 g/mol. The Morgan fingerprint density at radius 3 is 2.85 bits per heavy atom. The van der Waals surface area contributed by atoms with Crippen molar-refractivity contribution in [2.24, 2.45) is 10.7 Å². The van der Waals surface area contributed by atoms with Gasteiger partial charge in [0, 0.05) is 30.7 Å². The summed E-state index contributed by atoms with van der Waals surface area (Å²) in [6.45, 7) is 3.28. The van der Waals surface area contributed by atoms with Crippen molar-refractivity contribution >= 4 is 22.8 Å². The monoisotopic (exact) mass is 353 g/mol. The van der Waals surface area contributed by atoms with E-state index < -0.39 is 5.91 Å². The average Bonchev–Trinajstić information content (AvgIpc) is 3.26. The fourth-order valence-electron chi connectivity index (χ4n) is 2.96. The number of furan rings is 1. The largest absolute Gasteiger partial charge is 0.454 e. The van der Waals surface area contributed by atoms with Crippen LogP contribution in [0.2, 0.25) is 0 Å². The number of benzene rings is 1. The third-order valence-corrected chi connectivity index (χ3v) is 4.24. The van der Waals surface area contributed by atoms with E-state index in [4.69, 9.17) is 10.2 Å². The first-order chi connectivity index (χ1) is 12.6. The molecular formula is C19H23N5O2. The Bertz CT molecular complexity index is 938. The number of nitrogens with two attached hydrogens (primary N) is 1. The zero-order chi connectivity index (χ0) is 18.5. The van der Waals surface area contributed by atoms with Crippen molar-refractivity contribution in [3.63, 3.8) is 0 Å². The lowest BCUT2D eigenvalue weighted by Gasteiger charge is -2.11. The molecule has 2 aromatic heterocycles. The van der Waals surface area contributed by atoms with E-state index in [0.29, 0.717) is 18.3 Å². The number of amides is 1. The van der Waals surface area contributed by atoms with Gasteiger partial charge in [-0.3, -0.25) is 9.79 Å². The minimum absolute atomic E-state index is 0.152. The van der Waals surface area contributed by atoms with E-state index in [9.17, 15) is 4.79 Å². The highest BCUT2D eigenvalue weighted by Gasteiger charge is 2.08. The third-order valence-electron chi connectivity index (χ3n) is 4.24. The third kappa shape index (κ3) is 3.88. The molecular weight excluding hydrogens is 330 g/mol. The summed E-state index contributed by atoms with van der Waals surface area (Å²) in [4.78, 5) is 18.6. The molecule has 2 heterocycles. The van der Waals surface area contributed by atoms with Crippen LogP contribution < -0.4 is 16.4 Å². The molecule has 1 aromatic carbocycles. The lowest BCUT2D eigenvalue weighted by atomic mass is 10.1. The molecule has 26 heavy (non-hydrogen) atoms. The molecule has 0 aliphatic heterocycles. The minimum atomic E-state index is -0.576. The number of hydrogen-bond donors (Lipinski definition) is 4. The lowest BCUT2D eigenvalue weighted by molar-refractivity contribution is 0.0972. The number of aliphatic imine (C=N–C) groups is 1. The molecule has 7 heteroatoms. The first-order valence-corrected chi connectivity index (χ1v) is 8.47. The van der Waals surface area contributed by atoms with Crippen molar-refractivity contribution in [3.8, 4) is 0 Å². The second-order valence-corrected chi connectivity index (χ2v) is 6.04. The van der Waals surface area contributed by atoms with E-state index in [-0.39, 0.29) is 5.76 Å². The summed E-state index contributed by atoms with van der Waals surface area (Å²) in [5.41, 5.74) is 8.88. The van der Waals surface area contributed by atoms with Gasteiger partial charge in [0.25, 0.3) is 5.91 Å². The minimum Gasteiger partial charge on any atom is -0.454 e. The van der Waals surface area contributed by atoms with E-state index in [0.717, 1.165) is 18.5 Å². The first kappa shape index (κ1) is 17.6. The maximum absolute atomic E-state index is 11.0. The maximum atomic E-state index is 11.0. The van der Waals surface area contributed by atoms with Crippen LogP contribution in [0.1, 0.15) is 27.4 Å². The number of carbonyl (C=O) groups excluding carboxylic acids is 1. The van der Waals surface area contributed by atoms with Crippen LogP contribution in [0.15, 0.2) is 45.9 Å². The Labute approximate surface area is 151 Å². The lowest BCUT2D eigenvalue weighted by Crippen LogP contribution is -2.37. The quantitative estimate of drug-likeness (QED) is 0.402. The number of aromatic nitrogens is 1. The van der Waals surface area contributed by atoms with Crippen LogP contribution in [-0.4, -0.2) is 30.4 Å². The number of aromatic amines is 1. The molecule has 0 atom stereocenters. The van der Waals surface area contributed by atoms with Crippen molar-refractivity contribution in [1.29, 1.82) is 0 Å². The fraction of sp³-hybridized carbons (Fsp3) is 0.263. The summed E-state index contributed by atoms with van der Waals surface area (Å²) < 4.78 is 5.34. The molecule has 5 N–H and O–H groups in total. The SMILES string of the molecule is CN=C(NCCc1c[nH]c2cccc(C)c12)NCc1ccc(C(N)=O)o1. The van der Waals surface area contributed by atoms with Gasteiger partial charge in [0.2, 0.25) is 0 Å². The molecule has 1 amide bonds. The number of fused-ring (bicyclic) bond motifs is 1. The number of carbonyl (C=O) groups is 1. The van der Waals surface area contributed by atoms with Crippen molar-refractivity contribution in [1.82, 2.24) is 15.6 Å². The smallest absolute Gasteiger partial charge is 0.284 e. The van der Waals surface area contributed by atoms with Gasteiger partial charge in [0.15, 0.2) is 11.7 Å². The van der Waals surface area contributed by atoms with Gasteiger partial charge in [-0.05, 0) is 42.7 Å². The molecule has 0 radical (unpaired) electrons. The Morgan fingerprint density at radius 2 is 2.12 bits per heavy atom. The zero-order valence-electron chi connectivity index (χ0n) is 14.9. The van der Waals surface area contributed by atoms with Crippen molar-refractivity contribution in [3.05, 3.63) is 59.2 Å². The van der Waals surface area contributed by atoms with E-state index in [1.54, 1.807) is 19.2 Å².